The number of thiazole rings is 1. The minimum absolute atomic E-state index is 0.0543. The van der Waals surface area contributed by atoms with E-state index in [9.17, 15) is 29.8 Å². The van der Waals surface area contributed by atoms with E-state index in [1.165, 1.54) is 13.2 Å². The Kier molecular flexibility index (Phi) is 5.89. The summed E-state index contributed by atoms with van der Waals surface area (Å²) in [5.41, 5.74) is -0.643. The van der Waals surface area contributed by atoms with Crippen molar-refractivity contribution in [1.29, 1.82) is 0 Å². The molecule has 156 valence electrons. The highest BCUT2D eigenvalue weighted by Crippen LogP contribution is 2.24. The number of benzene rings is 2. The number of amides is 1. The third-order valence-corrected chi connectivity index (χ3v) is 5.16. The maximum Gasteiger partial charge on any atom is 0.337 e. The van der Waals surface area contributed by atoms with Gasteiger partial charge in [0.05, 0.1) is 50.9 Å². The Balaban J connectivity index is 2.17. The van der Waals surface area contributed by atoms with Gasteiger partial charge in [0, 0.05) is 12.1 Å². The maximum absolute atomic E-state index is 12.7. The first-order chi connectivity index (χ1) is 14.7. The lowest BCUT2D eigenvalue weighted by Crippen LogP contribution is -2.16. The summed E-state index contributed by atoms with van der Waals surface area (Å²) in [6, 6.07) is 7.28. The number of nitro benzene ring substituents is 2. The summed E-state index contributed by atoms with van der Waals surface area (Å²) in [6.45, 7) is 0.0543. The van der Waals surface area contributed by atoms with Crippen molar-refractivity contribution in [3.63, 3.8) is 0 Å². The lowest BCUT2D eigenvalue weighted by atomic mass is 10.1. The van der Waals surface area contributed by atoms with Crippen molar-refractivity contribution in [3.8, 4) is 12.3 Å². The van der Waals surface area contributed by atoms with E-state index in [1.807, 2.05) is 0 Å². The third-order valence-electron chi connectivity index (χ3n) is 4.12. The maximum atomic E-state index is 12.7. The van der Waals surface area contributed by atoms with Crippen molar-refractivity contribution in [2.24, 2.45) is 4.99 Å². The number of hydrogen-bond donors (Lipinski definition) is 0. The number of non-ortho nitro benzene ring substituents is 2. The van der Waals surface area contributed by atoms with Crippen LogP contribution in [0.1, 0.15) is 20.7 Å². The molecule has 0 aliphatic rings. The van der Waals surface area contributed by atoms with Gasteiger partial charge < -0.3 is 9.30 Å². The van der Waals surface area contributed by atoms with E-state index in [4.69, 9.17) is 11.2 Å². The standard InChI is InChI=1S/C19H12N4O7S/c1-3-6-21-15-5-4-11(18(25)30-2)9-16(15)31-19(21)20-17(24)12-7-13(22(26)27)10-14(8-12)23(28)29/h1,4-5,7-10H,6H2,2H3. The number of carbonyl (C=O) groups excluding carboxylic acids is 2. The topological polar surface area (TPSA) is 147 Å². The second-order valence-electron chi connectivity index (χ2n) is 6.02. The highest BCUT2D eigenvalue weighted by atomic mass is 32.1. The van der Waals surface area contributed by atoms with Gasteiger partial charge in [-0.15, -0.1) is 6.42 Å². The first-order valence-corrected chi connectivity index (χ1v) is 9.25. The fourth-order valence-corrected chi connectivity index (χ4v) is 3.80. The van der Waals surface area contributed by atoms with Gasteiger partial charge in [-0.2, -0.15) is 4.99 Å². The molecule has 0 spiro atoms. The first kappa shape index (κ1) is 21.3. The number of ether oxygens (including phenoxy) is 1. The summed E-state index contributed by atoms with van der Waals surface area (Å²) < 4.78 is 6.83. The predicted molar refractivity (Wildman–Crippen MR) is 110 cm³/mol. The van der Waals surface area contributed by atoms with Crippen molar-refractivity contribution in [2.75, 3.05) is 7.11 Å². The number of nitro groups is 2. The molecule has 2 aromatic carbocycles. The van der Waals surface area contributed by atoms with E-state index >= 15 is 0 Å². The first-order valence-electron chi connectivity index (χ1n) is 8.43. The zero-order chi connectivity index (χ0) is 22.7. The molecular formula is C19H12N4O7S. The number of nitrogens with zero attached hydrogens (tertiary/aromatic N) is 4. The number of fused-ring (bicyclic) bond motifs is 1. The number of carbonyl (C=O) groups is 2. The Bertz CT molecular complexity index is 1330. The molecule has 0 saturated carbocycles. The van der Waals surface area contributed by atoms with Crippen molar-refractivity contribution in [1.82, 2.24) is 4.57 Å². The van der Waals surface area contributed by atoms with Gasteiger partial charge >= 0.3 is 5.97 Å². The second-order valence-corrected chi connectivity index (χ2v) is 7.03. The monoisotopic (exact) mass is 440 g/mol. The number of esters is 1. The Morgan fingerprint density at radius 1 is 1.13 bits per heavy atom. The minimum Gasteiger partial charge on any atom is -0.465 e. The van der Waals surface area contributed by atoms with Gasteiger partial charge in [0.25, 0.3) is 17.3 Å². The molecule has 3 aromatic rings. The summed E-state index contributed by atoms with van der Waals surface area (Å²) in [5, 5.41) is 22.1. The predicted octanol–water partition coefficient (Wildman–Crippen LogP) is 2.68. The average Bonchev–Trinajstić information content (AvgIpc) is 3.09. The lowest BCUT2D eigenvalue weighted by molar-refractivity contribution is -0.394. The van der Waals surface area contributed by atoms with Crippen LogP contribution in [0, 0.1) is 32.6 Å². The highest BCUT2D eigenvalue weighted by Gasteiger charge is 2.20. The van der Waals surface area contributed by atoms with E-state index in [0.717, 1.165) is 29.5 Å². The van der Waals surface area contributed by atoms with Crippen molar-refractivity contribution >= 4 is 44.8 Å². The summed E-state index contributed by atoms with van der Waals surface area (Å²) in [4.78, 5) is 49.0. The van der Waals surface area contributed by atoms with Crippen LogP contribution in [0.25, 0.3) is 10.2 Å². The molecule has 0 aliphatic heterocycles. The Morgan fingerprint density at radius 3 is 2.32 bits per heavy atom. The number of rotatable bonds is 5. The number of methoxy groups -OCH3 is 1. The Morgan fingerprint density at radius 2 is 1.77 bits per heavy atom. The van der Waals surface area contributed by atoms with Gasteiger partial charge in [-0.25, -0.2) is 4.79 Å². The smallest absolute Gasteiger partial charge is 0.337 e. The molecule has 0 radical (unpaired) electrons. The summed E-state index contributed by atoms with van der Waals surface area (Å²) in [7, 11) is 1.25. The summed E-state index contributed by atoms with van der Waals surface area (Å²) in [5.74, 6) is 0.977. The van der Waals surface area contributed by atoms with Crippen LogP contribution < -0.4 is 4.80 Å². The largest absolute Gasteiger partial charge is 0.465 e. The SMILES string of the molecule is C#CCn1c(=NC(=O)c2cc([N+](=O)[O-])cc([N+](=O)[O-])c2)sc2cc(C(=O)OC)ccc21. The highest BCUT2D eigenvalue weighted by molar-refractivity contribution is 7.16. The normalized spacial score (nSPS) is 11.2. The van der Waals surface area contributed by atoms with Crippen molar-refractivity contribution in [2.45, 2.75) is 6.54 Å². The Labute approximate surface area is 177 Å². The number of hydrogen-bond acceptors (Lipinski definition) is 8. The fourth-order valence-electron chi connectivity index (χ4n) is 2.73. The molecule has 0 N–H and O–H groups in total. The fraction of sp³-hybridized carbons (Fsp3) is 0.105. The van der Waals surface area contributed by atoms with Gasteiger partial charge in [-0.3, -0.25) is 25.0 Å². The zero-order valence-electron chi connectivity index (χ0n) is 15.8. The van der Waals surface area contributed by atoms with Gasteiger partial charge in [0.1, 0.15) is 0 Å². The number of aromatic nitrogens is 1. The average molecular weight is 440 g/mol. The molecule has 3 rings (SSSR count). The molecule has 0 bridgehead atoms. The summed E-state index contributed by atoms with van der Waals surface area (Å²) >= 11 is 1.05. The lowest BCUT2D eigenvalue weighted by Gasteiger charge is -2.02. The van der Waals surface area contributed by atoms with Crippen LogP contribution in [-0.4, -0.2) is 33.4 Å². The van der Waals surface area contributed by atoms with Crippen LogP contribution >= 0.6 is 11.3 Å². The molecule has 31 heavy (non-hydrogen) atoms. The van der Waals surface area contributed by atoms with E-state index < -0.39 is 33.1 Å². The van der Waals surface area contributed by atoms with E-state index in [1.54, 1.807) is 16.7 Å². The Hall–Kier alpha value is -4.37. The molecule has 0 atom stereocenters. The molecular weight excluding hydrogens is 428 g/mol. The molecule has 0 aliphatic carbocycles. The molecule has 1 aromatic heterocycles. The molecule has 0 saturated heterocycles. The molecule has 0 fully saturated rings. The zero-order valence-corrected chi connectivity index (χ0v) is 16.6. The second kappa shape index (κ2) is 8.56. The molecule has 0 unspecified atom stereocenters. The van der Waals surface area contributed by atoms with Gasteiger partial charge in [0.15, 0.2) is 4.80 Å². The van der Waals surface area contributed by atoms with Gasteiger partial charge in [-0.1, -0.05) is 17.3 Å². The van der Waals surface area contributed by atoms with E-state index in [0.29, 0.717) is 10.2 Å². The molecule has 1 amide bonds. The van der Waals surface area contributed by atoms with Crippen LogP contribution in [-0.2, 0) is 11.3 Å². The molecule has 1 heterocycles. The summed E-state index contributed by atoms with van der Waals surface area (Å²) in [6.07, 6.45) is 5.41. The van der Waals surface area contributed by atoms with E-state index in [-0.39, 0.29) is 22.5 Å². The van der Waals surface area contributed by atoms with Crippen molar-refractivity contribution < 1.29 is 24.2 Å². The minimum atomic E-state index is -0.919. The van der Waals surface area contributed by atoms with Crippen LogP contribution in [0.5, 0.6) is 0 Å². The third kappa shape index (κ3) is 4.31. The molecule has 11 nitrogen and oxygen atoms in total. The van der Waals surface area contributed by atoms with Crippen LogP contribution in [0.15, 0.2) is 41.4 Å². The van der Waals surface area contributed by atoms with Crippen molar-refractivity contribution in [3.05, 3.63) is 72.6 Å². The number of terminal acetylenes is 1. The molecule has 12 heteroatoms. The van der Waals surface area contributed by atoms with Gasteiger partial charge in [-0.05, 0) is 18.2 Å². The van der Waals surface area contributed by atoms with Crippen LogP contribution in [0.4, 0.5) is 11.4 Å². The van der Waals surface area contributed by atoms with Crippen LogP contribution in [0.2, 0.25) is 0 Å². The quantitative estimate of drug-likeness (QED) is 0.256. The van der Waals surface area contributed by atoms with E-state index in [2.05, 4.69) is 10.9 Å². The van der Waals surface area contributed by atoms with Crippen LogP contribution in [0.3, 0.4) is 0 Å². The van der Waals surface area contributed by atoms with Gasteiger partial charge in [0.2, 0.25) is 0 Å².